The Balaban J connectivity index is 1.66. The summed E-state index contributed by atoms with van der Waals surface area (Å²) < 4.78 is 45.3. The van der Waals surface area contributed by atoms with Crippen molar-refractivity contribution in [2.45, 2.75) is 23.8 Å². The van der Waals surface area contributed by atoms with Gasteiger partial charge in [0, 0.05) is 25.7 Å². The smallest absolute Gasteiger partial charge is 0.321 e. The van der Waals surface area contributed by atoms with E-state index in [4.69, 9.17) is 4.74 Å². The molecule has 1 aliphatic rings. The van der Waals surface area contributed by atoms with Gasteiger partial charge >= 0.3 is 12.0 Å². The van der Waals surface area contributed by atoms with E-state index in [9.17, 15) is 27.2 Å². The van der Waals surface area contributed by atoms with E-state index in [1.54, 1.807) is 30.3 Å². The zero-order valence-electron chi connectivity index (χ0n) is 17.9. The molecule has 1 atom stereocenters. The van der Waals surface area contributed by atoms with Crippen LogP contribution in [0.1, 0.15) is 24.5 Å². The van der Waals surface area contributed by atoms with Gasteiger partial charge in [-0.2, -0.15) is 4.31 Å². The van der Waals surface area contributed by atoms with Crippen LogP contribution in [0.4, 0.5) is 9.18 Å². The zero-order chi connectivity index (χ0) is 24.0. The minimum atomic E-state index is -3.82. The highest BCUT2D eigenvalue weighted by Crippen LogP contribution is 2.27. The van der Waals surface area contributed by atoms with Gasteiger partial charge in [-0.3, -0.25) is 14.9 Å². The molecule has 33 heavy (non-hydrogen) atoms. The molecule has 3 rings (SSSR count). The van der Waals surface area contributed by atoms with Gasteiger partial charge in [-0.1, -0.05) is 30.3 Å². The maximum absolute atomic E-state index is 13.1. The van der Waals surface area contributed by atoms with Crippen molar-refractivity contribution in [3.05, 3.63) is 66.0 Å². The molecule has 1 saturated heterocycles. The predicted octanol–water partition coefficient (Wildman–Crippen LogP) is 1.97. The fourth-order valence-corrected chi connectivity index (χ4v) is 4.91. The third-order valence-corrected chi connectivity index (χ3v) is 7.19. The average molecular weight is 478 g/mol. The standard InChI is InChI=1S/C22H24FN3O6S/c1-24-22(29)25-20(27)19(15-5-3-2-4-6-15)32-21(28)16-11-13-26(14-12-16)33(30,31)18-9-7-17(23)8-10-18/h2-10,16,19H,11-14H2,1H3,(H2,24,25,27,29). The van der Waals surface area contributed by atoms with E-state index in [0.717, 1.165) is 12.1 Å². The van der Waals surface area contributed by atoms with E-state index in [1.807, 2.05) is 0 Å². The zero-order valence-corrected chi connectivity index (χ0v) is 18.7. The summed E-state index contributed by atoms with van der Waals surface area (Å²) in [5.74, 6) is -2.62. The molecule has 2 N–H and O–H groups in total. The van der Waals surface area contributed by atoms with E-state index in [0.29, 0.717) is 5.56 Å². The number of piperidine rings is 1. The molecule has 2 aromatic carbocycles. The van der Waals surface area contributed by atoms with E-state index < -0.39 is 45.8 Å². The lowest BCUT2D eigenvalue weighted by atomic mass is 9.98. The van der Waals surface area contributed by atoms with Crippen molar-refractivity contribution in [2.75, 3.05) is 20.1 Å². The number of halogens is 1. The van der Waals surface area contributed by atoms with Crippen LogP contribution < -0.4 is 10.6 Å². The van der Waals surface area contributed by atoms with Crippen LogP contribution in [-0.2, 0) is 24.3 Å². The fraction of sp³-hybridized carbons (Fsp3) is 0.318. The lowest BCUT2D eigenvalue weighted by Gasteiger charge is -2.30. The van der Waals surface area contributed by atoms with Crippen molar-refractivity contribution < 1.29 is 31.9 Å². The number of imide groups is 1. The predicted molar refractivity (Wildman–Crippen MR) is 116 cm³/mol. The Hall–Kier alpha value is -3.31. The van der Waals surface area contributed by atoms with E-state index in [-0.39, 0.29) is 30.8 Å². The van der Waals surface area contributed by atoms with Gasteiger partial charge < -0.3 is 10.1 Å². The Labute approximate surface area is 191 Å². The Morgan fingerprint density at radius 3 is 2.21 bits per heavy atom. The van der Waals surface area contributed by atoms with Gasteiger partial charge in [-0.05, 0) is 37.1 Å². The second-order valence-corrected chi connectivity index (χ2v) is 9.37. The number of carbonyl (C=O) groups is 3. The summed E-state index contributed by atoms with van der Waals surface area (Å²) in [7, 11) is -2.47. The van der Waals surface area contributed by atoms with Crippen molar-refractivity contribution >= 4 is 27.9 Å². The van der Waals surface area contributed by atoms with Crippen LogP contribution in [0.5, 0.6) is 0 Å². The van der Waals surface area contributed by atoms with E-state index in [1.165, 1.54) is 23.5 Å². The minimum absolute atomic E-state index is 0.0278. The molecular weight excluding hydrogens is 453 g/mol. The molecule has 11 heteroatoms. The molecular formula is C22H24FN3O6S. The molecule has 0 radical (unpaired) electrons. The molecule has 0 bridgehead atoms. The number of amides is 3. The number of nitrogens with one attached hydrogen (secondary N) is 2. The summed E-state index contributed by atoms with van der Waals surface area (Å²) in [5, 5.41) is 4.36. The first-order chi connectivity index (χ1) is 15.7. The number of urea groups is 1. The quantitative estimate of drug-likeness (QED) is 0.614. The Morgan fingerprint density at radius 2 is 1.64 bits per heavy atom. The maximum Gasteiger partial charge on any atom is 0.321 e. The summed E-state index contributed by atoms with van der Waals surface area (Å²) in [6.45, 7) is 0.139. The second-order valence-electron chi connectivity index (χ2n) is 7.43. The monoisotopic (exact) mass is 477 g/mol. The van der Waals surface area contributed by atoms with Gasteiger partial charge in [0.05, 0.1) is 10.8 Å². The maximum atomic E-state index is 13.1. The first-order valence-electron chi connectivity index (χ1n) is 10.3. The molecule has 9 nitrogen and oxygen atoms in total. The summed E-state index contributed by atoms with van der Waals surface area (Å²) in [6, 6.07) is 12.1. The number of carbonyl (C=O) groups excluding carboxylic acids is 3. The first kappa shape index (κ1) is 24.3. The number of nitrogens with zero attached hydrogens (tertiary/aromatic N) is 1. The second kappa shape index (κ2) is 10.5. The molecule has 1 unspecified atom stereocenters. The van der Waals surface area contributed by atoms with Gasteiger partial charge in [0.25, 0.3) is 5.91 Å². The number of esters is 1. The van der Waals surface area contributed by atoms with Crippen LogP contribution in [0.3, 0.4) is 0 Å². The van der Waals surface area contributed by atoms with Crippen molar-refractivity contribution in [2.24, 2.45) is 5.92 Å². The van der Waals surface area contributed by atoms with Crippen LogP contribution in [0.2, 0.25) is 0 Å². The van der Waals surface area contributed by atoms with Crippen LogP contribution in [0.25, 0.3) is 0 Å². The van der Waals surface area contributed by atoms with E-state index in [2.05, 4.69) is 10.6 Å². The average Bonchev–Trinajstić information content (AvgIpc) is 2.83. The molecule has 176 valence electrons. The third-order valence-electron chi connectivity index (χ3n) is 5.28. The topological polar surface area (TPSA) is 122 Å². The minimum Gasteiger partial charge on any atom is -0.447 e. The number of hydrogen-bond donors (Lipinski definition) is 2. The molecule has 1 fully saturated rings. The molecule has 0 aromatic heterocycles. The van der Waals surface area contributed by atoms with Crippen molar-refractivity contribution in [3.8, 4) is 0 Å². The molecule has 2 aromatic rings. The van der Waals surface area contributed by atoms with Crippen LogP contribution in [0.15, 0.2) is 59.5 Å². The highest BCUT2D eigenvalue weighted by Gasteiger charge is 2.35. The van der Waals surface area contributed by atoms with Crippen LogP contribution >= 0.6 is 0 Å². The van der Waals surface area contributed by atoms with Crippen molar-refractivity contribution in [3.63, 3.8) is 0 Å². The molecule has 0 aliphatic carbocycles. The summed E-state index contributed by atoms with van der Waals surface area (Å²) >= 11 is 0. The van der Waals surface area contributed by atoms with Crippen molar-refractivity contribution in [1.82, 2.24) is 14.9 Å². The van der Waals surface area contributed by atoms with Crippen molar-refractivity contribution in [1.29, 1.82) is 0 Å². The summed E-state index contributed by atoms with van der Waals surface area (Å²) in [4.78, 5) is 36.8. The number of ether oxygens (including phenoxy) is 1. The fourth-order valence-electron chi connectivity index (χ4n) is 3.44. The van der Waals surface area contributed by atoms with Crippen LogP contribution in [-0.4, -0.2) is 50.8 Å². The highest BCUT2D eigenvalue weighted by molar-refractivity contribution is 7.89. The lowest BCUT2D eigenvalue weighted by Crippen LogP contribution is -2.43. The Bertz CT molecular complexity index is 1100. The molecule has 3 amide bonds. The Morgan fingerprint density at radius 1 is 1.03 bits per heavy atom. The first-order valence-corrected chi connectivity index (χ1v) is 11.7. The number of sulfonamides is 1. The molecule has 0 spiro atoms. The summed E-state index contributed by atoms with van der Waals surface area (Å²) in [5.41, 5.74) is 0.392. The number of rotatable bonds is 6. The van der Waals surface area contributed by atoms with Gasteiger partial charge in [-0.25, -0.2) is 17.6 Å². The molecule has 1 aliphatic heterocycles. The molecule has 1 heterocycles. The number of hydrogen-bond acceptors (Lipinski definition) is 6. The SMILES string of the molecule is CNC(=O)NC(=O)C(OC(=O)C1CCN(S(=O)(=O)c2ccc(F)cc2)CC1)c1ccccc1. The van der Waals surface area contributed by atoms with Gasteiger partial charge in [0.2, 0.25) is 16.1 Å². The van der Waals surface area contributed by atoms with Gasteiger partial charge in [0.15, 0.2) is 0 Å². The third kappa shape index (κ3) is 5.93. The van der Waals surface area contributed by atoms with Crippen LogP contribution in [0, 0.1) is 11.7 Å². The highest BCUT2D eigenvalue weighted by atomic mass is 32.2. The largest absolute Gasteiger partial charge is 0.447 e. The van der Waals surface area contributed by atoms with Gasteiger partial charge in [-0.15, -0.1) is 0 Å². The Kier molecular flexibility index (Phi) is 7.77. The van der Waals surface area contributed by atoms with Gasteiger partial charge in [0.1, 0.15) is 5.82 Å². The normalized spacial score (nSPS) is 15.9. The summed E-state index contributed by atoms with van der Waals surface area (Å²) in [6.07, 6.45) is -0.952. The molecule has 0 saturated carbocycles. The van der Waals surface area contributed by atoms with E-state index >= 15 is 0 Å². The lowest BCUT2D eigenvalue weighted by molar-refractivity contribution is -0.161. The number of benzene rings is 2.